The largest absolute Gasteiger partial charge is 0.405 e. The molecule has 0 radical (unpaired) electrons. The minimum Gasteiger partial charge on any atom is -0.352 e. The molecule has 0 unspecified atom stereocenters. The molecule has 11 heteroatoms. The smallest absolute Gasteiger partial charge is 0.352 e. The number of carbonyl (C=O) groups excluding carboxylic acids is 2. The van der Waals surface area contributed by atoms with Gasteiger partial charge in [-0.3, -0.25) is 9.59 Å². The van der Waals surface area contributed by atoms with Crippen LogP contribution in [0.15, 0.2) is 60.9 Å². The number of piperazine rings is 1. The third-order valence-electron chi connectivity index (χ3n) is 6.83. The van der Waals surface area contributed by atoms with Crippen LogP contribution in [0.1, 0.15) is 26.4 Å². The first-order valence-corrected chi connectivity index (χ1v) is 12.5. The molecule has 0 spiro atoms. The molecule has 8 nitrogen and oxygen atoms in total. The van der Waals surface area contributed by atoms with Crippen molar-refractivity contribution in [3.05, 3.63) is 77.7 Å². The molecule has 1 N–H and O–H groups in total. The van der Waals surface area contributed by atoms with Crippen LogP contribution in [-0.4, -0.2) is 70.1 Å². The van der Waals surface area contributed by atoms with Crippen LogP contribution in [0.25, 0.3) is 22.2 Å². The van der Waals surface area contributed by atoms with Crippen LogP contribution < -0.4 is 10.2 Å². The number of aromatic nitrogens is 3. The maximum atomic E-state index is 14.0. The zero-order chi connectivity index (χ0) is 27.7. The zero-order valence-electron chi connectivity index (χ0n) is 21.5. The van der Waals surface area contributed by atoms with E-state index >= 15 is 0 Å². The van der Waals surface area contributed by atoms with Gasteiger partial charge in [-0.1, -0.05) is 42.0 Å². The van der Waals surface area contributed by atoms with Crippen molar-refractivity contribution in [2.45, 2.75) is 13.1 Å². The number of benzene rings is 2. The lowest BCUT2D eigenvalue weighted by atomic mass is 10.0. The second-order valence-electron chi connectivity index (χ2n) is 9.51. The number of aryl methyl sites for hydroxylation is 2. The number of fused-ring (bicyclic) bond motifs is 1. The Morgan fingerprint density at radius 2 is 1.69 bits per heavy atom. The average molecular weight is 537 g/mol. The normalized spacial score (nSPS) is 14.1. The fourth-order valence-corrected chi connectivity index (χ4v) is 4.88. The molecule has 2 aromatic heterocycles. The summed E-state index contributed by atoms with van der Waals surface area (Å²) in [6.45, 7) is 2.45. The highest BCUT2D eigenvalue weighted by Crippen LogP contribution is 2.35. The van der Waals surface area contributed by atoms with Gasteiger partial charge in [0.1, 0.15) is 18.1 Å². The fourth-order valence-electron chi connectivity index (χ4n) is 4.88. The highest BCUT2D eigenvalue weighted by atomic mass is 19.4. The molecule has 202 valence electrons. The van der Waals surface area contributed by atoms with Crippen molar-refractivity contribution in [3.8, 4) is 11.3 Å². The Balaban J connectivity index is 1.33. The van der Waals surface area contributed by atoms with Crippen molar-refractivity contribution < 1.29 is 22.8 Å². The summed E-state index contributed by atoms with van der Waals surface area (Å²) in [6.07, 6.45) is -1.99. The molecule has 1 aliphatic rings. The summed E-state index contributed by atoms with van der Waals surface area (Å²) in [5, 5.41) is 2.69. The van der Waals surface area contributed by atoms with E-state index in [4.69, 9.17) is 0 Å². The summed E-state index contributed by atoms with van der Waals surface area (Å²) < 4.78 is 39.1. The second kappa shape index (κ2) is 10.4. The summed E-state index contributed by atoms with van der Waals surface area (Å²) in [6, 6.07) is 16.0. The Morgan fingerprint density at radius 3 is 2.33 bits per heavy atom. The number of nitrogens with one attached hydrogen (secondary N) is 1. The Kier molecular flexibility index (Phi) is 6.98. The van der Waals surface area contributed by atoms with Gasteiger partial charge in [-0.15, -0.1) is 0 Å². The van der Waals surface area contributed by atoms with Crippen LogP contribution in [-0.2, 0) is 7.05 Å². The third-order valence-corrected chi connectivity index (χ3v) is 6.83. The molecular formula is C28H27F3N6O2. The number of halogens is 3. The lowest BCUT2D eigenvalue weighted by Gasteiger charge is -2.35. The van der Waals surface area contributed by atoms with Gasteiger partial charge in [0.2, 0.25) is 0 Å². The predicted octanol–water partition coefficient (Wildman–Crippen LogP) is 4.20. The first kappa shape index (κ1) is 26.2. The van der Waals surface area contributed by atoms with Crippen LogP contribution in [0.3, 0.4) is 0 Å². The van der Waals surface area contributed by atoms with Crippen molar-refractivity contribution >= 4 is 28.5 Å². The molecule has 4 aromatic rings. The maximum absolute atomic E-state index is 14.0. The van der Waals surface area contributed by atoms with E-state index in [1.54, 1.807) is 5.32 Å². The Labute approximate surface area is 223 Å². The van der Waals surface area contributed by atoms with Crippen LogP contribution in [0.2, 0.25) is 0 Å². The van der Waals surface area contributed by atoms with Gasteiger partial charge in [-0.25, -0.2) is 9.97 Å². The van der Waals surface area contributed by atoms with Gasteiger partial charge in [0.25, 0.3) is 11.8 Å². The lowest BCUT2D eigenvalue weighted by Crippen LogP contribution is -2.49. The van der Waals surface area contributed by atoms with Gasteiger partial charge < -0.3 is 19.7 Å². The highest BCUT2D eigenvalue weighted by Gasteiger charge is 2.30. The van der Waals surface area contributed by atoms with Crippen molar-refractivity contribution in [2.24, 2.45) is 7.05 Å². The quantitative estimate of drug-likeness (QED) is 0.414. The predicted molar refractivity (Wildman–Crippen MR) is 142 cm³/mol. The molecule has 1 aliphatic heterocycles. The van der Waals surface area contributed by atoms with E-state index in [2.05, 4.69) is 14.5 Å². The minimum absolute atomic E-state index is 0.0486. The summed E-state index contributed by atoms with van der Waals surface area (Å²) in [4.78, 5) is 37.8. The van der Waals surface area contributed by atoms with E-state index in [9.17, 15) is 22.8 Å². The molecule has 1 fully saturated rings. The van der Waals surface area contributed by atoms with Crippen molar-refractivity contribution in [2.75, 3.05) is 37.6 Å². The molecule has 0 aliphatic carbocycles. The third kappa shape index (κ3) is 5.43. The Hall–Kier alpha value is -4.41. The van der Waals surface area contributed by atoms with Gasteiger partial charge in [-0.05, 0) is 24.6 Å². The summed E-state index contributed by atoms with van der Waals surface area (Å²) >= 11 is 0. The van der Waals surface area contributed by atoms with Gasteiger partial charge in [0.15, 0.2) is 0 Å². The maximum Gasteiger partial charge on any atom is 0.405 e. The summed E-state index contributed by atoms with van der Waals surface area (Å²) in [5.41, 5.74) is 4.36. The van der Waals surface area contributed by atoms with Gasteiger partial charge in [0.05, 0.1) is 23.7 Å². The fraction of sp³-hybridized carbons (Fsp3) is 0.286. The lowest BCUT2D eigenvalue weighted by molar-refractivity contribution is -0.123. The monoisotopic (exact) mass is 536 g/mol. The van der Waals surface area contributed by atoms with Crippen molar-refractivity contribution in [1.29, 1.82) is 0 Å². The molecule has 1 saturated heterocycles. The molecule has 2 aromatic carbocycles. The number of rotatable bonds is 5. The summed E-state index contributed by atoms with van der Waals surface area (Å²) in [5.74, 6) is -0.506. The van der Waals surface area contributed by atoms with E-state index in [-0.39, 0.29) is 11.6 Å². The molecular weight excluding hydrogens is 509 g/mol. The number of hydrogen-bond donors (Lipinski definition) is 1. The van der Waals surface area contributed by atoms with Crippen LogP contribution >= 0.6 is 0 Å². The van der Waals surface area contributed by atoms with Crippen molar-refractivity contribution in [1.82, 2.24) is 24.8 Å². The van der Waals surface area contributed by atoms with Crippen LogP contribution in [0.5, 0.6) is 0 Å². The van der Waals surface area contributed by atoms with Gasteiger partial charge >= 0.3 is 6.18 Å². The molecule has 0 saturated carbocycles. The number of carbonyl (C=O) groups is 2. The topological polar surface area (TPSA) is 83.4 Å². The minimum atomic E-state index is -4.51. The number of nitrogens with zero attached hydrogens (tertiary/aromatic N) is 5. The molecule has 5 rings (SSSR count). The molecule has 0 atom stereocenters. The first-order valence-electron chi connectivity index (χ1n) is 12.5. The molecule has 39 heavy (non-hydrogen) atoms. The number of amides is 2. The zero-order valence-corrected chi connectivity index (χ0v) is 21.5. The van der Waals surface area contributed by atoms with E-state index in [0.29, 0.717) is 37.6 Å². The molecule has 2 amide bonds. The van der Waals surface area contributed by atoms with Crippen LogP contribution in [0.4, 0.5) is 19.0 Å². The van der Waals surface area contributed by atoms with E-state index < -0.39 is 18.6 Å². The highest BCUT2D eigenvalue weighted by molar-refractivity contribution is 6.13. The molecule has 3 heterocycles. The van der Waals surface area contributed by atoms with E-state index in [1.165, 1.54) is 6.20 Å². The number of hydrogen-bond acceptors (Lipinski definition) is 5. The SMILES string of the molecule is Cc1ccc2c(c1)c(C(=O)N1CCN(c3cnc(C(=O)NCC(F)(F)F)cn3)CC1)c(-c1ccccc1)n2C. The standard InChI is InChI=1S/C28H27F3N6O2/c1-18-8-9-22-20(14-18)24(25(35(22)2)19-6-4-3-5-7-19)27(39)37-12-10-36(11-13-37)23-16-32-21(15-33-23)26(38)34-17-28(29,30)31/h3-9,14-16H,10-13,17H2,1-2H3,(H,34,38). The van der Waals surface area contributed by atoms with Gasteiger partial charge in [0, 0.05) is 44.1 Å². The summed E-state index contributed by atoms with van der Waals surface area (Å²) in [7, 11) is 1.97. The Bertz CT molecular complexity index is 1510. The average Bonchev–Trinajstić information content (AvgIpc) is 3.22. The van der Waals surface area contributed by atoms with E-state index in [1.807, 2.05) is 72.3 Å². The van der Waals surface area contributed by atoms with E-state index in [0.717, 1.165) is 33.9 Å². The molecule has 0 bridgehead atoms. The Morgan fingerprint density at radius 1 is 0.974 bits per heavy atom. The van der Waals surface area contributed by atoms with Crippen LogP contribution in [0, 0.1) is 6.92 Å². The number of anilines is 1. The van der Waals surface area contributed by atoms with Gasteiger partial charge in [-0.2, -0.15) is 13.2 Å². The second-order valence-corrected chi connectivity index (χ2v) is 9.51. The first-order chi connectivity index (χ1) is 18.6. The van der Waals surface area contributed by atoms with Crippen molar-refractivity contribution in [3.63, 3.8) is 0 Å². The number of alkyl halides is 3.